The molecule has 4 rings (SSSR count). The lowest BCUT2D eigenvalue weighted by Crippen LogP contribution is -2.46. The third-order valence-corrected chi connectivity index (χ3v) is 5.49. The zero-order chi connectivity index (χ0) is 18.4. The Morgan fingerprint density at radius 3 is 2.38 bits per heavy atom. The van der Waals surface area contributed by atoms with Gasteiger partial charge in [0, 0.05) is 24.9 Å². The van der Waals surface area contributed by atoms with Crippen molar-refractivity contribution in [1.29, 1.82) is 0 Å². The Morgan fingerprint density at radius 1 is 1.04 bits per heavy atom. The van der Waals surface area contributed by atoms with Crippen molar-refractivity contribution in [2.24, 2.45) is 0 Å². The van der Waals surface area contributed by atoms with E-state index in [9.17, 15) is 4.79 Å². The van der Waals surface area contributed by atoms with E-state index in [0.29, 0.717) is 37.6 Å². The number of carbonyl (C=O) groups is 1. The van der Waals surface area contributed by atoms with Gasteiger partial charge in [-0.15, -0.1) is 0 Å². The maximum absolute atomic E-state index is 13.0. The highest BCUT2D eigenvalue weighted by Gasteiger charge is 2.50. The van der Waals surface area contributed by atoms with E-state index < -0.39 is 11.3 Å². The van der Waals surface area contributed by atoms with Crippen LogP contribution in [0.3, 0.4) is 0 Å². The van der Waals surface area contributed by atoms with Gasteiger partial charge < -0.3 is 23.8 Å². The lowest BCUT2D eigenvalue weighted by molar-refractivity contribution is -0.153. The summed E-state index contributed by atoms with van der Waals surface area (Å²) in [5, 5.41) is 0. The molecule has 0 radical (unpaired) electrons. The van der Waals surface area contributed by atoms with Gasteiger partial charge in [-0.3, -0.25) is 4.79 Å². The summed E-state index contributed by atoms with van der Waals surface area (Å²) < 4.78 is 22.4. The average molecular weight is 357 g/mol. The van der Waals surface area contributed by atoms with E-state index in [0.717, 1.165) is 11.1 Å². The normalized spacial score (nSPS) is 25.3. The largest absolute Gasteiger partial charge is 0.493 e. The molecular formula is C20H23NO5. The van der Waals surface area contributed by atoms with Crippen molar-refractivity contribution in [2.75, 3.05) is 27.4 Å². The third kappa shape index (κ3) is 2.44. The molecule has 1 aromatic carbocycles. The van der Waals surface area contributed by atoms with Gasteiger partial charge in [0.15, 0.2) is 23.1 Å². The van der Waals surface area contributed by atoms with Gasteiger partial charge in [0.05, 0.1) is 27.4 Å². The van der Waals surface area contributed by atoms with Crippen molar-refractivity contribution in [3.8, 4) is 11.5 Å². The lowest BCUT2D eigenvalue weighted by Gasteiger charge is -2.41. The van der Waals surface area contributed by atoms with Crippen LogP contribution in [0.1, 0.15) is 30.9 Å². The van der Waals surface area contributed by atoms with Crippen LogP contribution in [0.2, 0.25) is 0 Å². The average Bonchev–Trinajstić information content (AvgIpc) is 3.23. The third-order valence-electron chi connectivity index (χ3n) is 5.49. The van der Waals surface area contributed by atoms with Gasteiger partial charge in [0.25, 0.3) is 0 Å². The number of methoxy groups -OCH3 is 2. The predicted octanol–water partition coefficient (Wildman–Crippen LogP) is 2.83. The smallest absolute Gasteiger partial charge is 0.187 e. The quantitative estimate of drug-likeness (QED) is 0.808. The first kappa shape index (κ1) is 17.1. The van der Waals surface area contributed by atoms with E-state index in [1.807, 2.05) is 42.4 Å². The van der Waals surface area contributed by atoms with E-state index in [2.05, 4.69) is 0 Å². The van der Waals surface area contributed by atoms with Crippen molar-refractivity contribution in [1.82, 2.24) is 4.90 Å². The van der Waals surface area contributed by atoms with Gasteiger partial charge in [-0.05, 0) is 42.7 Å². The number of fused-ring (bicyclic) bond motifs is 3. The first-order chi connectivity index (χ1) is 12.5. The summed E-state index contributed by atoms with van der Waals surface area (Å²) in [5.41, 5.74) is 1.06. The van der Waals surface area contributed by atoms with Crippen LogP contribution in [-0.2, 0) is 19.8 Å². The van der Waals surface area contributed by atoms with E-state index in [-0.39, 0.29) is 5.78 Å². The molecule has 138 valence electrons. The number of hydrogen-bond donors (Lipinski definition) is 0. The van der Waals surface area contributed by atoms with E-state index >= 15 is 0 Å². The number of hydrogen-bond acceptors (Lipinski definition) is 6. The molecule has 3 aliphatic rings. The van der Waals surface area contributed by atoms with Crippen molar-refractivity contribution in [2.45, 2.75) is 31.1 Å². The molecule has 0 aromatic heterocycles. The highest BCUT2D eigenvalue weighted by atomic mass is 16.7. The summed E-state index contributed by atoms with van der Waals surface area (Å²) in [4.78, 5) is 15.0. The van der Waals surface area contributed by atoms with Crippen molar-refractivity contribution >= 4 is 11.9 Å². The van der Waals surface area contributed by atoms with Crippen LogP contribution < -0.4 is 9.47 Å². The SMILES string of the molecule is COc1cc2c(cc1OC)[C@]1(CCC3(C)OCCO3)C(=O)C=CN1C=C2. The molecule has 3 heterocycles. The Bertz CT molecular complexity index is 794. The second kappa shape index (κ2) is 6.14. The molecule has 1 saturated heterocycles. The fraction of sp³-hybridized carbons (Fsp3) is 0.450. The maximum Gasteiger partial charge on any atom is 0.187 e. The summed E-state index contributed by atoms with van der Waals surface area (Å²) >= 11 is 0. The molecule has 6 nitrogen and oxygen atoms in total. The Balaban J connectivity index is 1.78. The Hall–Kier alpha value is -2.31. The molecule has 0 amide bonds. The minimum atomic E-state index is -0.804. The zero-order valence-electron chi connectivity index (χ0n) is 15.3. The molecule has 1 atom stereocenters. The Kier molecular flexibility index (Phi) is 4.04. The Labute approximate surface area is 153 Å². The fourth-order valence-corrected chi connectivity index (χ4v) is 4.04. The van der Waals surface area contributed by atoms with E-state index in [4.69, 9.17) is 18.9 Å². The summed E-state index contributed by atoms with van der Waals surface area (Å²) in [6, 6.07) is 3.83. The van der Waals surface area contributed by atoms with Crippen LogP contribution in [0.25, 0.3) is 6.08 Å². The van der Waals surface area contributed by atoms with Crippen LogP contribution in [-0.4, -0.2) is 43.9 Å². The van der Waals surface area contributed by atoms with Gasteiger partial charge in [-0.2, -0.15) is 0 Å². The minimum Gasteiger partial charge on any atom is -0.493 e. The summed E-state index contributed by atoms with van der Waals surface area (Å²) in [7, 11) is 3.21. The van der Waals surface area contributed by atoms with Crippen LogP contribution >= 0.6 is 0 Å². The number of rotatable bonds is 5. The molecule has 0 spiro atoms. The van der Waals surface area contributed by atoms with E-state index in [1.54, 1.807) is 20.3 Å². The second-order valence-corrected chi connectivity index (χ2v) is 6.89. The minimum absolute atomic E-state index is 0.0527. The molecule has 0 N–H and O–H groups in total. The molecule has 26 heavy (non-hydrogen) atoms. The van der Waals surface area contributed by atoms with Crippen LogP contribution in [0, 0.1) is 0 Å². The fourth-order valence-electron chi connectivity index (χ4n) is 4.04. The molecule has 1 fully saturated rings. The summed E-state index contributed by atoms with van der Waals surface area (Å²) in [6.07, 6.45) is 8.57. The molecule has 1 aromatic rings. The number of nitrogens with zero attached hydrogens (tertiary/aromatic N) is 1. The molecule has 0 aliphatic carbocycles. The molecule has 0 bridgehead atoms. The second-order valence-electron chi connectivity index (χ2n) is 6.89. The molecule has 6 heteroatoms. The number of ether oxygens (including phenoxy) is 4. The highest BCUT2D eigenvalue weighted by molar-refractivity contribution is 6.02. The lowest BCUT2D eigenvalue weighted by atomic mass is 9.77. The molecule has 3 aliphatic heterocycles. The van der Waals surface area contributed by atoms with Crippen LogP contribution in [0.15, 0.2) is 30.6 Å². The van der Waals surface area contributed by atoms with Crippen molar-refractivity contribution in [3.63, 3.8) is 0 Å². The topological polar surface area (TPSA) is 57.2 Å². The number of carbonyl (C=O) groups excluding carboxylic acids is 1. The zero-order valence-corrected chi connectivity index (χ0v) is 15.3. The van der Waals surface area contributed by atoms with Gasteiger partial charge in [0.2, 0.25) is 0 Å². The number of ketones is 1. The molecule has 0 unspecified atom stereocenters. The van der Waals surface area contributed by atoms with Gasteiger partial charge in [-0.25, -0.2) is 0 Å². The summed E-state index contributed by atoms with van der Waals surface area (Å²) in [5.74, 6) is 0.658. The highest BCUT2D eigenvalue weighted by Crippen LogP contribution is 2.48. The van der Waals surface area contributed by atoms with Crippen molar-refractivity contribution < 1.29 is 23.7 Å². The monoisotopic (exact) mass is 357 g/mol. The van der Waals surface area contributed by atoms with Crippen molar-refractivity contribution in [3.05, 3.63) is 41.7 Å². The summed E-state index contributed by atoms with van der Waals surface area (Å²) in [6.45, 7) is 3.10. The van der Waals surface area contributed by atoms with Crippen LogP contribution in [0.4, 0.5) is 0 Å². The Morgan fingerprint density at radius 2 is 1.69 bits per heavy atom. The van der Waals surface area contributed by atoms with Gasteiger partial charge in [-0.1, -0.05) is 0 Å². The molecular weight excluding hydrogens is 334 g/mol. The van der Waals surface area contributed by atoms with Gasteiger partial charge >= 0.3 is 0 Å². The molecule has 0 saturated carbocycles. The predicted molar refractivity (Wildman–Crippen MR) is 95.8 cm³/mol. The maximum atomic E-state index is 13.0. The number of benzene rings is 1. The van der Waals surface area contributed by atoms with E-state index in [1.165, 1.54) is 0 Å². The first-order valence-electron chi connectivity index (χ1n) is 8.76. The standard InChI is InChI=1S/C20H23NO5/c1-19(25-10-11-26-19)6-7-20-15-13-17(24-3)16(23-2)12-14(15)4-8-21(20)9-5-18(20)22/h4-5,8-9,12-13H,6-7,10-11H2,1-3H3/t20-/m1/s1. The van der Waals surface area contributed by atoms with Gasteiger partial charge in [0.1, 0.15) is 5.54 Å². The first-order valence-corrected chi connectivity index (χ1v) is 8.76. The van der Waals surface area contributed by atoms with Crippen LogP contribution in [0.5, 0.6) is 11.5 Å².